The van der Waals surface area contributed by atoms with E-state index in [0.29, 0.717) is 12.1 Å². The van der Waals surface area contributed by atoms with Gasteiger partial charge < -0.3 is 10.6 Å². The standard InChI is InChI=1S/C15H16N4O/c20-15(18-9-14-4-6-17-10-19-14)12-2-1-11-3-5-16-8-13(11)7-12/h1-2,4,6-7,10,16H,3,5,8-9H2,(H,18,20). The minimum absolute atomic E-state index is 0.0722. The number of carbonyl (C=O) groups is 1. The molecule has 0 saturated heterocycles. The van der Waals surface area contributed by atoms with E-state index in [0.717, 1.165) is 25.2 Å². The average Bonchev–Trinajstić information content (AvgIpc) is 2.53. The van der Waals surface area contributed by atoms with Gasteiger partial charge in [0.15, 0.2) is 0 Å². The van der Waals surface area contributed by atoms with Gasteiger partial charge in [-0.15, -0.1) is 0 Å². The van der Waals surface area contributed by atoms with Crippen LogP contribution in [0.3, 0.4) is 0 Å². The fraction of sp³-hybridized carbons (Fsp3) is 0.267. The zero-order valence-electron chi connectivity index (χ0n) is 11.1. The molecule has 2 N–H and O–H groups in total. The molecule has 0 atom stereocenters. The molecule has 0 fully saturated rings. The van der Waals surface area contributed by atoms with Gasteiger partial charge in [0, 0.05) is 18.3 Å². The van der Waals surface area contributed by atoms with E-state index in [9.17, 15) is 4.79 Å². The highest BCUT2D eigenvalue weighted by molar-refractivity contribution is 5.94. The molecule has 1 amide bonds. The summed E-state index contributed by atoms with van der Waals surface area (Å²) in [5.74, 6) is -0.0722. The molecule has 2 heterocycles. The Hall–Kier alpha value is -2.27. The van der Waals surface area contributed by atoms with Crippen molar-refractivity contribution in [3.05, 3.63) is 59.2 Å². The molecule has 20 heavy (non-hydrogen) atoms. The van der Waals surface area contributed by atoms with Gasteiger partial charge in [0.05, 0.1) is 12.2 Å². The van der Waals surface area contributed by atoms with Gasteiger partial charge >= 0.3 is 0 Å². The van der Waals surface area contributed by atoms with E-state index < -0.39 is 0 Å². The molecule has 1 aromatic carbocycles. The van der Waals surface area contributed by atoms with Crippen LogP contribution in [0.25, 0.3) is 0 Å². The molecule has 0 spiro atoms. The van der Waals surface area contributed by atoms with Crippen LogP contribution in [0, 0.1) is 0 Å². The normalized spacial score (nSPS) is 13.6. The van der Waals surface area contributed by atoms with Crippen LogP contribution in [-0.4, -0.2) is 22.4 Å². The number of aromatic nitrogens is 2. The first-order valence-corrected chi connectivity index (χ1v) is 6.68. The number of nitrogens with one attached hydrogen (secondary N) is 2. The SMILES string of the molecule is O=C(NCc1ccncn1)c1ccc2c(c1)CNCC2. The molecule has 5 heteroatoms. The summed E-state index contributed by atoms with van der Waals surface area (Å²) in [6, 6.07) is 7.70. The molecule has 1 aliphatic heterocycles. The second-order valence-corrected chi connectivity index (χ2v) is 4.79. The second-order valence-electron chi connectivity index (χ2n) is 4.79. The zero-order chi connectivity index (χ0) is 13.8. The highest BCUT2D eigenvalue weighted by Gasteiger charge is 2.12. The molecule has 1 aliphatic rings. The maximum atomic E-state index is 12.1. The lowest BCUT2D eigenvalue weighted by molar-refractivity contribution is 0.0950. The molecular weight excluding hydrogens is 252 g/mol. The third kappa shape index (κ3) is 2.83. The number of nitrogens with zero attached hydrogens (tertiary/aromatic N) is 2. The molecule has 0 saturated carbocycles. The van der Waals surface area contributed by atoms with Gasteiger partial charge in [-0.1, -0.05) is 6.07 Å². The first-order chi connectivity index (χ1) is 9.83. The number of hydrogen-bond acceptors (Lipinski definition) is 4. The van der Waals surface area contributed by atoms with Gasteiger partial charge in [-0.25, -0.2) is 9.97 Å². The van der Waals surface area contributed by atoms with E-state index in [4.69, 9.17) is 0 Å². The third-order valence-electron chi connectivity index (χ3n) is 3.43. The van der Waals surface area contributed by atoms with Crippen molar-refractivity contribution < 1.29 is 4.79 Å². The van der Waals surface area contributed by atoms with Crippen LogP contribution in [0.1, 0.15) is 27.2 Å². The monoisotopic (exact) mass is 268 g/mol. The van der Waals surface area contributed by atoms with Crippen LogP contribution in [0.5, 0.6) is 0 Å². The van der Waals surface area contributed by atoms with E-state index in [1.54, 1.807) is 12.3 Å². The molecular formula is C15H16N4O. The topological polar surface area (TPSA) is 66.9 Å². The van der Waals surface area contributed by atoms with E-state index in [1.165, 1.54) is 17.5 Å². The summed E-state index contributed by atoms with van der Waals surface area (Å²) in [5.41, 5.74) is 4.04. The van der Waals surface area contributed by atoms with Gasteiger partial charge in [-0.05, 0) is 42.3 Å². The molecule has 102 valence electrons. The molecule has 0 bridgehead atoms. The van der Waals surface area contributed by atoms with E-state index in [2.05, 4.69) is 26.7 Å². The van der Waals surface area contributed by atoms with Gasteiger partial charge in [-0.3, -0.25) is 4.79 Å². The molecule has 0 radical (unpaired) electrons. The van der Waals surface area contributed by atoms with Crippen LogP contribution in [0.2, 0.25) is 0 Å². The number of rotatable bonds is 3. The predicted molar refractivity (Wildman–Crippen MR) is 75.1 cm³/mol. The van der Waals surface area contributed by atoms with E-state index in [1.807, 2.05) is 12.1 Å². The molecule has 2 aromatic rings. The van der Waals surface area contributed by atoms with Crippen molar-refractivity contribution in [1.29, 1.82) is 0 Å². The van der Waals surface area contributed by atoms with Crippen molar-refractivity contribution in [1.82, 2.24) is 20.6 Å². The largest absolute Gasteiger partial charge is 0.346 e. The van der Waals surface area contributed by atoms with Crippen LogP contribution in [-0.2, 0) is 19.5 Å². The fourth-order valence-electron chi connectivity index (χ4n) is 2.32. The highest BCUT2D eigenvalue weighted by Crippen LogP contribution is 2.15. The summed E-state index contributed by atoms with van der Waals surface area (Å²) in [7, 11) is 0. The number of carbonyl (C=O) groups excluding carboxylic acids is 1. The lowest BCUT2D eigenvalue weighted by Crippen LogP contribution is -2.26. The maximum Gasteiger partial charge on any atom is 0.251 e. The molecule has 5 nitrogen and oxygen atoms in total. The van der Waals surface area contributed by atoms with Gasteiger partial charge in [0.25, 0.3) is 5.91 Å². The minimum Gasteiger partial charge on any atom is -0.346 e. The van der Waals surface area contributed by atoms with Crippen LogP contribution in [0.4, 0.5) is 0 Å². The van der Waals surface area contributed by atoms with E-state index in [-0.39, 0.29) is 5.91 Å². The Balaban J connectivity index is 1.68. The van der Waals surface area contributed by atoms with Gasteiger partial charge in [-0.2, -0.15) is 0 Å². The number of hydrogen-bond donors (Lipinski definition) is 2. The van der Waals surface area contributed by atoms with E-state index >= 15 is 0 Å². The molecule has 3 rings (SSSR count). The minimum atomic E-state index is -0.0722. The lowest BCUT2D eigenvalue weighted by atomic mass is 9.98. The highest BCUT2D eigenvalue weighted by atomic mass is 16.1. The Labute approximate surface area is 117 Å². The summed E-state index contributed by atoms with van der Waals surface area (Å²) in [5, 5.41) is 6.19. The fourth-order valence-corrected chi connectivity index (χ4v) is 2.32. The average molecular weight is 268 g/mol. The quantitative estimate of drug-likeness (QED) is 0.873. The number of fused-ring (bicyclic) bond motifs is 1. The Morgan fingerprint density at radius 2 is 2.25 bits per heavy atom. The zero-order valence-corrected chi connectivity index (χ0v) is 11.1. The summed E-state index contributed by atoms with van der Waals surface area (Å²) >= 11 is 0. The Morgan fingerprint density at radius 3 is 3.10 bits per heavy atom. The van der Waals surface area contributed by atoms with Gasteiger partial charge in [0.2, 0.25) is 0 Å². The van der Waals surface area contributed by atoms with Crippen molar-refractivity contribution in [2.75, 3.05) is 6.54 Å². The molecule has 0 unspecified atom stereocenters. The lowest BCUT2D eigenvalue weighted by Gasteiger charge is -2.17. The molecule has 1 aromatic heterocycles. The van der Waals surface area contributed by atoms with Crippen molar-refractivity contribution in [3.63, 3.8) is 0 Å². The Bertz CT molecular complexity index is 613. The predicted octanol–water partition coefficient (Wildman–Crippen LogP) is 1.05. The third-order valence-corrected chi connectivity index (χ3v) is 3.43. The number of amides is 1. The van der Waals surface area contributed by atoms with Crippen molar-refractivity contribution in [2.45, 2.75) is 19.5 Å². The first-order valence-electron chi connectivity index (χ1n) is 6.68. The van der Waals surface area contributed by atoms with Gasteiger partial charge in [0.1, 0.15) is 6.33 Å². The smallest absolute Gasteiger partial charge is 0.251 e. The maximum absolute atomic E-state index is 12.1. The van der Waals surface area contributed by atoms with Crippen LogP contribution >= 0.6 is 0 Å². The Kier molecular flexibility index (Phi) is 3.69. The number of benzene rings is 1. The second kappa shape index (κ2) is 5.79. The summed E-state index contributed by atoms with van der Waals surface area (Å²) < 4.78 is 0. The summed E-state index contributed by atoms with van der Waals surface area (Å²) in [4.78, 5) is 20.1. The van der Waals surface area contributed by atoms with Crippen molar-refractivity contribution in [2.24, 2.45) is 0 Å². The molecule has 0 aliphatic carbocycles. The summed E-state index contributed by atoms with van der Waals surface area (Å²) in [6.45, 7) is 2.26. The van der Waals surface area contributed by atoms with Crippen molar-refractivity contribution >= 4 is 5.91 Å². The summed E-state index contributed by atoms with van der Waals surface area (Å²) in [6.07, 6.45) is 4.17. The van der Waals surface area contributed by atoms with Crippen molar-refractivity contribution in [3.8, 4) is 0 Å². The first kappa shape index (κ1) is 12.7. The van der Waals surface area contributed by atoms with Crippen LogP contribution in [0.15, 0.2) is 36.8 Å². The Morgan fingerprint density at radius 1 is 1.30 bits per heavy atom. The van der Waals surface area contributed by atoms with Crippen LogP contribution < -0.4 is 10.6 Å².